The molecule has 2 fully saturated rings. The highest BCUT2D eigenvalue weighted by Gasteiger charge is 2.43. The minimum Gasteiger partial charge on any atom is -0.302 e. The first kappa shape index (κ1) is 12.3. The van der Waals surface area contributed by atoms with Crippen LogP contribution < -0.4 is 5.32 Å². The molecule has 2 aliphatic rings. The number of amides is 1. The zero-order chi connectivity index (χ0) is 13.7. The molecule has 4 heteroatoms. The van der Waals surface area contributed by atoms with Crippen molar-refractivity contribution in [2.45, 2.75) is 32.6 Å². The molecule has 0 radical (unpaired) electrons. The Morgan fingerprint density at radius 2 is 2.25 bits per heavy atom. The second-order valence-corrected chi connectivity index (χ2v) is 7.29. The van der Waals surface area contributed by atoms with E-state index in [0.29, 0.717) is 5.92 Å². The van der Waals surface area contributed by atoms with Crippen LogP contribution in [-0.2, 0) is 4.79 Å². The maximum atomic E-state index is 12.4. The van der Waals surface area contributed by atoms with Gasteiger partial charge in [-0.2, -0.15) is 0 Å². The second-order valence-electron chi connectivity index (χ2n) is 6.26. The Labute approximate surface area is 122 Å². The molecule has 1 amide bonds. The molecular weight excluding hydrogens is 268 g/mol. The Morgan fingerprint density at radius 1 is 1.35 bits per heavy atom. The summed E-state index contributed by atoms with van der Waals surface area (Å²) in [6.07, 6.45) is 4.91. The number of thiazole rings is 1. The topological polar surface area (TPSA) is 42.0 Å². The van der Waals surface area contributed by atoms with Gasteiger partial charge in [0.05, 0.1) is 10.2 Å². The number of hydrogen-bond donors (Lipinski definition) is 1. The second kappa shape index (κ2) is 4.55. The van der Waals surface area contributed by atoms with E-state index in [4.69, 9.17) is 0 Å². The molecule has 1 heterocycles. The number of aromatic nitrogens is 1. The van der Waals surface area contributed by atoms with Crippen molar-refractivity contribution in [2.75, 3.05) is 5.32 Å². The van der Waals surface area contributed by atoms with E-state index in [1.807, 2.05) is 6.07 Å². The van der Waals surface area contributed by atoms with Crippen LogP contribution in [0, 0.1) is 24.7 Å². The molecule has 0 unspecified atom stereocenters. The lowest BCUT2D eigenvalue weighted by Gasteiger charge is -2.19. The average Bonchev–Trinajstić information content (AvgIpc) is 3.11. The standard InChI is InChI=1S/C16H18N2OS/c1-9-2-5-13-14(6-9)20-16(17-13)18-15(19)12-8-10-3-4-11(12)7-10/h2,5-6,10-12H,3-4,7-8H2,1H3,(H,17,18,19)/t10-,11+,12+/m0/s1. The largest absolute Gasteiger partial charge is 0.302 e. The predicted molar refractivity (Wildman–Crippen MR) is 81.9 cm³/mol. The molecule has 0 aliphatic heterocycles. The first-order valence-electron chi connectivity index (χ1n) is 7.37. The third-order valence-electron chi connectivity index (χ3n) is 4.85. The molecule has 4 rings (SSSR count). The number of rotatable bonds is 2. The maximum absolute atomic E-state index is 12.4. The Morgan fingerprint density at radius 3 is 3.00 bits per heavy atom. The van der Waals surface area contributed by atoms with Crippen molar-refractivity contribution in [1.82, 2.24) is 4.98 Å². The van der Waals surface area contributed by atoms with Gasteiger partial charge in [-0.3, -0.25) is 4.79 Å². The Bertz CT molecular complexity index is 678. The number of nitrogens with zero attached hydrogens (tertiary/aromatic N) is 1. The molecular formula is C16H18N2OS. The Hall–Kier alpha value is -1.42. The van der Waals surface area contributed by atoms with Crippen molar-refractivity contribution < 1.29 is 4.79 Å². The molecule has 1 N–H and O–H groups in total. The molecule has 20 heavy (non-hydrogen) atoms. The van der Waals surface area contributed by atoms with Gasteiger partial charge in [-0.05, 0) is 55.7 Å². The van der Waals surface area contributed by atoms with Gasteiger partial charge in [-0.15, -0.1) is 0 Å². The smallest absolute Gasteiger partial charge is 0.229 e. The van der Waals surface area contributed by atoms with Gasteiger partial charge in [0.1, 0.15) is 0 Å². The lowest BCUT2D eigenvalue weighted by molar-refractivity contribution is -0.121. The maximum Gasteiger partial charge on any atom is 0.229 e. The zero-order valence-corrected chi connectivity index (χ0v) is 12.4. The lowest BCUT2D eigenvalue weighted by atomic mass is 9.88. The highest BCUT2D eigenvalue weighted by Crippen LogP contribution is 2.48. The molecule has 0 spiro atoms. The van der Waals surface area contributed by atoms with Crippen LogP contribution in [-0.4, -0.2) is 10.9 Å². The van der Waals surface area contributed by atoms with E-state index in [1.54, 1.807) is 11.3 Å². The van der Waals surface area contributed by atoms with E-state index in [0.717, 1.165) is 27.7 Å². The quantitative estimate of drug-likeness (QED) is 0.907. The normalized spacial score (nSPS) is 28.1. The number of hydrogen-bond acceptors (Lipinski definition) is 3. The van der Waals surface area contributed by atoms with E-state index in [-0.39, 0.29) is 11.8 Å². The molecule has 2 aromatic rings. The summed E-state index contributed by atoms with van der Waals surface area (Å²) < 4.78 is 1.15. The van der Waals surface area contributed by atoms with Crippen LogP contribution in [0.5, 0.6) is 0 Å². The zero-order valence-electron chi connectivity index (χ0n) is 11.6. The lowest BCUT2D eigenvalue weighted by Crippen LogP contribution is -2.27. The van der Waals surface area contributed by atoms with Crippen molar-refractivity contribution >= 4 is 32.6 Å². The van der Waals surface area contributed by atoms with Gasteiger partial charge in [0.15, 0.2) is 5.13 Å². The fraction of sp³-hybridized carbons (Fsp3) is 0.500. The highest BCUT2D eigenvalue weighted by atomic mass is 32.1. The molecule has 104 valence electrons. The highest BCUT2D eigenvalue weighted by molar-refractivity contribution is 7.22. The van der Waals surface area contributed by atoms with Gasteiger partial charge in [0.25, 0.3) is 0 Å². The van der Waals surface area contributed by atoms with Gasteiger partial charge in [-0.25, -0.2) is 4.98 Å². The van der Waals surface area contributed by atoms with E-state index in [1.165, 1.54) is 24.8 Å². The summed E-state index contributed by atoms with van der Waals surface area (Å²) in [4.78, 5) is 16.9. The number of anilines is 1. The number of aryl methyl sites for hydroxylation is 1. The van der Waals surface area contributed by atoms with Crippen molar-refractivity contribution in [3.05, 3.63) is 23.8 Å². The molecule has 2 saturated carbocycles. The van der Waals surface area contributed by atoms with Crippen LogP contribution in [0.2, 0.25) is 0 Å². The summed E-state index contributed by atoms with van der Waals surface area (Å²) in [6.45, 7) is 2.08. The van der Waals surface area contributed by atoms with Gasteiger partial charge in [0.2, 0.25) is 5.91 Å². The first-order valence-corrected chi connectivity index (χ1v) is 8.19. The third kappa shape index (κ3) is 2.03. The summed E-state index contributed by atoms with van der Waals surface area (Å²) in [5.41, 5.74) is 2.20. The fourth-order valence-electron chi connectivity index (χ4n) is 3.85. The summed E-state index contributed by atoms with van der Waals surface area (Å²) >= 11 is 1.58. The van der Waals surface area contributed by atoms with Crippen molar-refractivity contribution in [3.63, 3.8) is 0 Å². The summed E-state index contributed by atoms with van der Waals surface area (Å²) in [5.74, 6) is 1.83. The predicted octanol–water partition coefficient (Wildman–Crippen LogP) is 3.98. The van der Waals surface area contributed by atoms with Crippen LogP contribution in [0.1, 0.15) is 31.2 Å². The molecule has 0 saturated heterocycles. The van der Waals surface area contributed by atoms with Gasteiger partial charge >= 0.3 is 0 Å². The van der Waals surface area contributed by atoms with Crippen molar-refractivity contribution in [1.29, 1.82) is 0 Å². The summed E-state index contributed by atoms with van der Waals surface area (Å²) in [6, 6.07) is 6.21. The molecule has 2 aliphatic carbocycles. The van der Waals surface area contributed by atoms with Crippen LogP contribution in [0.25, 0.3) is 10.2 Å². The van der Waals surface area contributed by atoms with Crippen molar-refractivity contribution in [2.24, 2.45) is 17.8 Å². The van der Waals surface area contributed by atoms with E-state index in [9.17, 15) is 4.79 Å². The van der Waals surface area contributed by atoms with Crippen LogP contribution in [0.4, 0.5) is 5.13 Å². The molecule has 2 bridgehead atoms. The van der Waals surface area contributed by atoms with Crippen LogP contribution >= 0.6 is 11.3 Å². The number of carbonyl (C=O) groups excluding carboxylic acids is 1. The first-order chi connectivity index (χ1) is 9.69. The van der Waals surface area contributed by atoms with Crippen LogP contribution in [0.3, 0.4) is 0 Å². The minimum absolute atomic E-state index is 0.188. The number of benzene rings is 1. The Kier molecular flexibility index (Phi) is 2.81. The third-order valence-corrected chi connectivity index (χ3v) is 5.78. The molecule has 1 aromatic carbocycles. The molecule has 1 aromatic heterocycles. The van der Waals surface area contributed by atoms with Gasteiger partial charge in [-0.1, -0.05) is 23.8 Å². The monoisotopic (exact) mass is 286 g/mol. The van der Waals surface area contributed by atoms with E-state index < -0.39 is 0 Å². The van der Waals surface area contributed by atoms with Crippen LogP contribution in [0.15, 0.2) is 18.2 Å². The Balaban J connectivity index is 1.53. The van der Waals surface area contributed by atoms with Crippen molar-refractivity contribution in [3.8, 4) is 0 Å². The summed E-state index contributed by atoms with van der Waals surface area (Å²) in [5, 5.41) is 3.79. The van der Waals surface area contributed by atoms with E-state index >= 15 is 0 Å². The van der Waals surface area contributed by atoms with E-state index in [2.05, 4.69) is 29.4 Å². The summed E-state index contributed by atoms with van der Waals surface area (Å²) in [7, 11) is 0. The number of nitrogens with one attached hydrogen (secondary N) is 1. The SMILES string of the molecule is Cc1ccc2nc(NC(=O)[C@@H]3C[C@H]4CC[C@@H]3C4)sc2c1. The minimum atomic E-state index is 0.188. The van der Waals surface area contributed by atoms with Gasteiger partial charge in [0, 0.05) is 5.92 Å². The average molecular weight is 286 g/mol. The fourth-order valence-corrected chi connectivity index (χ4v) is 4.82. The number of carbonyl (C=O) groups is 1. The van der Waals surface area contributed by atoms with Gasteiger partial charge < -0.3 is 5.32 Å². The molecule has 3 nitrogen and oxygen atoms in total. The number of fused-ring (bicyclic) bond motifs is 3. The molecule has 3 atom stereocenters.